The maximum atomic E-state index is 13.3. The van der Waals surface area contributed by atoms with E-state index in [1.54, 1.807) is 0 Å². The predicted molar refractivity (Wildman–Crippen MR) is 71.3 cm³/mol. The average Bonchev–Trinajstić information content (AvgIpc) is 2.69. The lowest BCUT2D eigenvalue weighted by molar-refractivity contribution is -0.126. The van der Waals surface area contributed by atoms with Crippen molar-refractivity contribution in [3.05, 3.63) is 35.4 Å². The monoisotopic (exact) mass is 278 g/mol. The van der Waals surface area contributed by atoms with E-state index in [9.17, 15) is 13.6 Å². The summed E-state index contributed by atoms with van der Waals surface area (Å²) in [6.45, 7) is 4.09. The standard InChI is InChI=1S/C15H16F2N2O/c1-15(2)6-11-13(12(20)7-15)14(19-18-11)8-3-9(16)5-10(17)4-8/h3-5,11,13,18H,6-7H2,1-2H3/t11-,13-/m1/s1. The van der Waals surface area contributed by atoms with Crippen molar-refractivity contribution in [2.45, 2.75) is 32.7 Å². The van der Waals surface area contributed by atoms with Gasteiger partial charge < -0.3 is 5.43 Å². The fraction of sp³-hybridized carbons (Fsp3) is 0.467. The Labute approximate surface area is 116 Å². The van der Waals surface area contributed by atoms with Gasteiger partial charge in [0.25, 0.3) is 0 Å². The molecule has 106 valence electrons. The topological polar surface area (TPSA) is 41.5 Å². The average molecular weight is 278 g/mol. The van der Waals surface area contributed by atoms with Gasteiger partial charge in [0.05, 0.1) is 17.7 Å². The van der Waals surface area contributed by atoms with E-state index in [4.69, 9.17) is 0 Å². The zero-order valence-corrected chi connectivity index (χ0v) is 11.4. The first-order chi connectivity index (χ1) is 9.35. The minimum Gasteiger partial charge on any atom is -0.306 e. The molecular weight excluding hydrogens is 262 g/mol. The number of rotatable bonds is 1. The Hall–Kier alpha value is -1.78. The number of hydrogen-bond donors (Lipinski definition) is 1. The van der Waals surface area contributed by atoms with Crippen LogP contribution < -0.4 is 5.43 Å². The van der Waals surface area contributed by atoms with Gasteiger partial charge in [-0.05, 0) is 24.0 Å². The molecule has 0 saturated heterocycles. The highest BCUT2D eigenvalue weighted by molar-refractivity contribution is 6.15. The normalized spacial score (nSPS) is 27.8. The number of carbonyl (C=O) groups is 1. The molecule has 0 aromatic heterocycles. The molecule has 2 atom stereocenters. The highest BCUT2D eigenvalue weighted by atomic mass is 19.1. The minimum atomic E-state index is -0.658. The summed E-state index contributed by atoms with van der Waals surface area (Å²) >= 11 is 0. The van der Waals surface area contributed by atoms with Crippen LogP contribution in [0.15, 0.2) is 23.3 Å². The zero-order chi connectivity index (χ0) is 14.5. The van der Waals surface area contributed by atoms with Gasteiger partial charge in [0.2, 0.25) is 0 Å². The second kappa shape index (κ2) is 4.36. The van der Waals surface area contributed by atoms with Crippen molar-refractivity contribution < 1.29 is 13.6 Å². The number of halogens is 2. The van der Waals surface area contributed by atoms with Gasteiger partial charge >= 0.3 is 0 Å². The lowest BCUT2D eigenvalue weighted by Gasteiger charge is -2.36. The van der Waals surface area contributed by atoms with Gasteiger partial charge in [-0.2, -0.15) is 5.10 Å². The van der Waals surface area contributed by atoms with E-state index >= 15 is 0 Å². The maximum absolute atomic E-state index is 13.3. The van der Waals surface area contributed by atoms with Crippen molar-refractivity contribution in [1.29, 1.82) is 0 Å². The highest BCUT2D eigenvalue weighted by Gasteiger charge is 2.46. The van der Waals surface area contributed by atoms with E-state index in [2.05, 4.69) is 10.5 Å². The molecule has 2 aliphatic rings. The number of carbonyl (C=O) groups excluding carboxylic acids is 1. The van der Waals surface area contributed by atoms with Crippen molar-refractivity contribution in [2.24, 2.45) is 16.4 Å². The van der Waals surface area contributed by atoms with E-state index in [1.165, 1.54) is 12.1 Å². The first-order valence-electron chi connectivity index (χ1n) is 6.68. The van der Waals surface area contributed by atoms with Crippen LogP contribution in [0, 0.1) is 23.0 Å². The quantitative estimate of drug-likeness (QED) is 0.858. The molecule has 1 aromatic rings. The molecule has 0 bridgehead atoms. The number of nitrogens with one attached hydrogen (secondary N) is 1. The van der Waals surface area contributed by atoms with Crippen molar-refractivity contribution in [1.82, 2.24) is 5.43 Å². The smallest absolute Gasteiger partial charge is 0.144 e. The summed E-state index contributed by atoms with van der Waals surface area (Å²) in [6, 6.07) is 3.18. The number of hydrazone groups is 1. The predicted octanol–water partition coefficient (Wildman–Crippen LogP) is 2.65. The van der Waals surface area contributed by atoms with Crippen molar-refractivity contribution >= 4 is 11.5 Å². The Morgan fingerprint density at radius 2 is 1.90 bits per heavy atom. The van der Waals surface area contributed by atoms with Crippen molar-refractivity contribution in [3.63, 3.8) is 0 Å². The molecule has 1 aromatic carbocycles. The van der Waals surface area contributed by atoms with Crippen LogP contribution in [0.3, 0.4) is 0 Å². The van der Waals surface area contributed by atoms with Gasteiger partial charge in [-0.25, -0.2) is 8.78 Å². The lowest BCUT2D eigenvalue weighted by Crippen LogP contribution is -2.45. The van der Waals surface area contributed by atoms with E-state index in [-0.39, 0.29) is 17.2 Å². The van der Waals surface area contributed by atoms with Gasteiger partial charge in [-0.1, -0.05) is 13.8 Å². The van der Waals surface area contributed by atoms with Crippen LogP contribution in [0.2, 0.25) is 0 Å². The second-order valence-electron chi connectivity index (χ2n) is 6.38. The summed E-state index contributed by atoms with van der Waals surface area (Å²) in [5, 5.41) is 4.16. The molecule has 1 aliphatic carbocycles. The van der Waals surface area contributed by atoms with Crippen LogP contribution in [0.4, 0.5) is 8.78 Å². The van der Waals surface area contributed by atoms with Gasteiger partial charge in [0, 0.05) is 18.1 Å². The molecule has 1 aliphatic heterocycles. The number of Topliss-reactive ketones (excluding diaryl/α,β-unsaturated/α-hetero) is 1. The first kappa shape index (κ1) is 13.2. The van der Waals surface area contributed by atoms with Gasteiger partial charge in [0.15, 0.2) is 0 Å². The first-order valence-corrected chi connectivity index (χ1v) is 6.68. The summed E-state index contributed by atoms with van der Waals surface area (Å²) in [5.41, 5.74) is 3.68. The number of nitrogens with zero attached hydrogens (tertiary/aromatic N) is 1. The molecule has 1 heterocycles. The molecule has 0 amide bonds. The fourth-order valence-corrected chi connectivity index (χ4v) is 3.22. The summed E-state index contributed by atoms with van der Waals surface area (Å²) in [5.74, 6) is -1.63. The van der Waals surface area contributed by atoms with Crippen LogP contribution in [0.25, 0.3) is 0 Å². The van der Waals surface area contributed by atoms with Crippen LogP contribution in [0.1, 0.15) is 32.3 Å². The van der Waals surface area contributed by atoms with E-state index in [1.807, 2.05) is 13.8 Å². The molecule has 1 N–H and O–H groups in total. The number of ketones is 1. The Morgan fingerprint density at radius 3 is 2.55 bits per heavy atom. The molecule has 3 rings (SSSR count). The zero-order valence-electron chi connectivity index (χ0n) is 11.4. The number of fused-ring (bicyclic) bond motifs is 1. The number of benzene rings is 1. The molecule has 1 fully saturated rings. The Morgan fingerprint density at radius 1 is 1.25 bits per heavy atom. The molecule has 5 heteroatoms. The fourth-order valence-electron chi connectivity index (χ4n) is 3.22. The van der Waals surface area contributed by atoms with Crippen LogP contribution in [-0.4, -0.2) is 17.5 Å². The maximum Gasteiger partial charge on any atom is 0.144 e. The molecule has 0 spiro atoms. The van der Waals surface area contributed by atoms with Crippen molar-refractivity contribution in [3.8, 4) is 0 Å². The number of hydrogen-bond acceptors (Lipinski definition) is 3. The van der Waals surface area contributed by atoms with E-state index in [0.29, 0.717) is 17.7 Å². The molecule has 20 heavy (non-hydrogen) atoms. The summed E-state index contributed by atoms with van der Waals surface area (Å²) in [4.78, 5) is 12.3. The summed E-state index contributed by atoms with van der Waals surface area (Å²) < 4.78 is 26.7. The molecule has 3 nitrogen and oxygen atoms in total. The third-order valence-electron chi connectivity index (χ3n) is 3.98. The van der Waals surface area contributed by atoms with Crippen LogP contribution >= 0.6 is 0 Å². The third kappa shape index (κ3) is 2.21. The SMILES string of the molecule is CC1(C)CC(=O)[C@@H]2C(c3cc(F)cc(F)c3)=NN[C@@H]2C1. The molecule has 0 radical (unpaired) electrons. The Kier molecular flexibility index (Phi) is 2.88. The largest absolute Gasteiger partial charge is 0.306 e. The lowest BCUT2D eigenvalue weighted by atomic mass is 9.68. The molecular formula is C15H16F2N2O. The molecule has 0 unspecified atom stereocenters. The van der Waals surface area contributed by atoms with Gasteiger partial charge in [0.1, 0.15) is 17.4 Å². The van der Waals surface area contributed by atoms with Crippen LogP contribution in [-0.2, 0) is 4.79 Å². The molecule has 1 saturated carbocycles. The van der Waals surface area contributed by atoms with Crippen LogP contribution in [0.5, 0.6) is 0 Å². The van der Waals surface area contributed by atoms with E-state index in [0.717, 1.165) is 12.5 Å². The third-order valence-corrected chi connectivity index (χ3v) is 3.98. The summed E-state index contributed by atoms with van der Waals surface area (Å²) in [6.07, 6.45) is 1.28. The Bertz CT molecular complexity index is 590. The van der Waals surface area contributed by atoms with Gasteiger partial charge in [-0.3, -0.25) is 4.79 Å². The minimum absolute atomic E-state index is 0.0661. The second-order valence-corrected chi connectivity index (χ2v) is 6.38. The highest BCUT2D eigenvalue weighted by Crippen LogP contribution is 2.39. The van der Waals surface area contributed by atoms with Gasteiger partial charge in [-0.15, -0.1) is 0 Å². The van der Waals surface area contributed by atoms with Crippen molar-refractivity contribution in [2.75, 3.05) is 0 Å². The Balaban J connectivity index is 1.95. The van der Waals surface area contributed by atoms with E-state index < -0.39 is 17.6 Å². The summed E-state index contributed by atoms with van der Waals surface area (Å²) in [7, 11) is 0.